The summed E-state index contributed by atoms with van der Waals surface area (Å²) in [7, 11) is 0. The Morgan fingerprint density at radius 3 is 2.93 bits per heavy atom. The maximum Gasteiger partial charge on any atom is 0.262 e. The van der Waals surface area contributed by atoms with E-state index in [2.05, 4.69) is 37.2 Å². The lowest BCUT2D eigenvalue weighted by Crippen LogP contribution is -2.32. The quantitative estimate of drug-likeness (QED) is 0.800. The first-order valence-electron chi connectivity index (χ1n) is 4.75. The summed E-state index contributed by atoms with van der Waals surface area (Å²) in [6.45, 7) is 2.03. The standard InChI is InChI=1S/C10H13Br2NOS/c1-7(3-2-5-11)13-10(14)9-8(12)4-6-15-9/h4,6-7H,2-3,5H2,1H3,(H,13,14). The number of thiophene rings is 1. The molecule has 2 nitrogen and oxygen atoms in total. The second-order valence-corrected chi connectivity index (χ2v) is 5.87. The highest BCUT2D eigenvalue weighted by molar-refractivity contribution is 9.10. The molecular weight excluding hydrogens is 342 g/mol. The molecule has 0 aliphatic rings. The molecule has 0 saturated carbocycles. The Morgan fingerprint density at radius 1 is 1.67 bits per heavy atom. The van der Waals surface area contributed by atoms with Crippen LogP contribution in [0.25, 0.3) is 0 Å². The maximum absolute atomic E-state index is 11.8. The Bertz CT molecular complexity index is 327. The van der Waals surface area contributed by atoms with Gasteiger partial charge in [-0.25, -0.2) is 0 Å². The third kappa shape index (κ3) is 4.25. The predicted octanol–water partition coefficient (Wildman–Crippen LogP) is 3.80. The molecule has 1 N–H and O–H groups in total. The third-order valence-electron chi connectivity index (χ3n) is 1.97. The van der Waals surface area contributed by atoms with E-state index in [1.165, 1.54) is 11.3 Å². The number of carbonyl (C=O) groups excluding carboxylic acids is 1. The zero-order chi connectivity index (χ0) is 11.3. The molecule has 1 unspecified atom stereocenters. The normalized spacial score (nSPS) is 12.5. The van der Waals surface area contributed by atoms with Crippen molar-refractivity contribution in [1.29, 1.82) is 0 Å². The average Bonchev–Trinajstić information content (AvgIpc) is 2.61. The maximum atomic E-state index is 11.8. The monoisotopic (exact) mass is 353 g/mol. The largest absolute Gasteiger partial charge is 0.349 e. The van der Waals surface area contributed by atoms with Crippen molar-refractivity contribution in [2.45, 2.75) is 25.8 Å². The number of nitrogens with one attached hydrogen (secondary N) is 1. The van der Waals surface area contributed by atoms with Gasteiger partial charge in [0.2, 0.25) is 0 Å². The van der Waals surface area contributed by atoms with Crippen molar-refractivity contribution < 1.29 is 4.79 Å². The molecule has 0 bridgehead atoms. The Kier molecular flexibility index (Phi) is 5.86. The van der Waals surface area contributed by atoms with Gasteiger partial charge in [0, 0.05) is 15.8 Å². The van der Waals surface area contributed by atoms with Gasteiger partial charge in [0.05, 0.1) is 0 Å². The number of halogens is 2. The lowest BCUT2D eigenvalue weighted by Gasteiger charge is -2.12. The lowest BCUT2D eigenvalue weighted by atomic mass is 10.2. The molecule has 1 amide bonds. The highest BCUT2D eigenvalue weighted by Crippen LogP contribution is 2.22. The molecule has 1 aromatic rings. The number of alkyl halides is 1. The number of hydrogen-bond donors (Lipinski definition) is 1. The van der Waals surface area contributed by atoms with Crippen molar-refractivity contribution in [1.82, 2.24) is 5.32 Å². The highest BCUT2D eigenvalue weighted by atomic mass is 79.9. The van der Waals surface area contributed by atoms with Crippen molar-refractivity contribution in [3.8, 4) is 0 Å². The molecule has 0 aliphatic carbocycles. The van der Waals surface area contributed by atoms with Crippen LogP contribution in [0.15, 0.2) is 15.9 Å². The summed E-state index contributed by atoms with van der Waals surface area (Å²) >= 11 is 8.18. The number of carbonyl (C=O) groups is 1. The van der Waals surface area contributed by atoms with Crippen molar-refractivity contribution in [2.75, 3.05) is 5.33 Å². The topological polar surface area (TPSA) is 29.1 Å². The van der Waals surface area contributed by atoms with Crippen LogP contribution in [0, 0.1) is 0 Å². The van der Waals surface area contributed by atoms with E-state index in [0.717, 1.165) is 27.5 Å². The first-order valence-corrected chi connectivity index (χ1v) is 7.54. The van der Waals surface area contributed by atoms with Crippen LogP contribution >= 0.6 is 43.2 Å². The summed E-state index contributed by atoms with van der Waals surface area (Å²) in [6.07, 6.45) is 2.08. The molecule has 1 aromatic heterocycles. The zero-order valence-corrected chi connectivity index (χ0v) is 12.4. The Hall–Kier alpha value is 0.130. The van der Waals surface area contributed by atoms with E-state index in [1.54, 1.807) is 0 Å². The first kappa shape index (κ1) is 13.2. The van der Waals surface area contributed by atoms with Crippen LogP contribution in [0.2, 0.25) is 0 Å². The van der Waals surface area contributed by atoms with Crippen LogP contribution in [0.4, 0.5) is 0 Å². The van der Waals surface area contributed by atoms with E-state index >= 15 is 0 Å². The van der Waals surface area contributed by atoms with Gasteiger partial charge in [-0.1, -0.05) is 15.9 Å². The summed E-state index contributed by atoms with van der Waals surface area (Å²) in [4.78, 5) is 12.5. The highest BCUT2D eigenvalue weighted by Gasteiger charge is 2.13. The molecule has 1 heterocycles. The van der Waals surface area contributed by atoms with Gasteiger partial charge in [0.15, 0.2) is 0 Å². The molecule has 0 aromatic carbocycles. The van der Waals surface area contributed by atoms with E-state index < -0.39 is 0 Å². The second kappa shape index (κ2) is 6.66. The zero-order valence-electron chi connectivity index (χ0n) is 8.43. The van der Waals surface area contributed by atoms with Crippen LogP contribution in [0.1, 0.15) is 29.4 Å². The van der Waals surface area contributed by atoms with Crippen LogP contribution in [0.5, 0.6) is 0 Å². The summed E-state index contributed by atoms with van der Waals surface area (Å²) in [6, 6.07) is 2.12. The molecule has 0 fully saturated rings. The number of hydrogen-bond acceptors (Lipinski definition) is 2. The van der Waals surface area contributed by atoms with E-state index in [-0.39, 0.29) is 11.9 Å². The van der Waals surface area contributed by atoms with Crippen molar-refractivity contribution >= 4 is 49.1 Å². The van der Waals surface area contributed by atoms with Crippen LogP contribution < -0.4 is 5.32 Å². The lowest BCUT2D eigenvalue weighted by molar-refractivity contribution is 0.0942. The fourth-order valence-corrected chi connectivity index (χ4v) is 2.98. The van der Waals surface area contributed by atoms with E-state index in [0.29, 0.717) is 0 Å². The molecule has 1 rings (SSSR count). The SMILES string of the molecule is CC(CCCBr)NC(=O)c1sccc1Br. The van der Waals surface area contributed by atoms with E-state index in [4.69, 9.17) is 0 Å². The average molecular weight is 355 g/mol. The molecule has 0 saturated heterocycles. The van der Waals surface area contributed by atoms with Gasteiger partial charge < -0.3 is 5.32 Å². The Morgan fingerprint density at radius 2 is 2.40 bits per heavy atom. The van der Waals surface area contributed by atoms with Gasteiger partial charge in [0.25, 0.3) is 5.91 Å². The van der Waals surface area contributed by atoms with Crippen LogP contribution in [0.3, 0.4) is 0 Å². The third-order valence-corrected chi connectivity index (χ3v) is 4.37. The van der Waals surface area contributed by atoms with Crippen molar-refractivity contribution in [2.24, 2.45) is 0 Å². The molecular formula is C10H13Br2NOS. The minimum Gasteiger partial charge on any atom is -0.349 e. The fraction of sp³-hybridized carbons (Fsp3) is 0.500. The van der Waals surface area contributed by atoms with Crippen molar-refractivity contribution in [3.05, 3.63) is 20.8 Å². The van der Waals surface area contributed by atoms with E-state index in [9.17, 15) is 4.79 Å². The van der Waals surface area contributed by atoms with Crippen LogP contribution in [-0.4, -0.2) is 17.3 Å². The molecule has 1 atom stereocenters. The minimum absolute atomic E-state index is 0.0129. The summed E-state index contributed by atoms with van der Waals surface area (Å²) in [5.41, 5.74) is 0. The molecule has 84 valence electrons. The van der Waals surface area contributed by atoms with Gasteiger partial charge in [-0.15, -0.1) is 11.3 Å². The Balaban J connectivity index is 2.46. The summed E-state index contributed by atoms with van der Waals surface area (Å²) in [5, 5.41) is 5.87. The predicted molar refractivity (Wildman–Crippen MR) is 72.0 cm³/mol. The summed E-state index contributed by atoms with van der Waals surface area (Å²) < 4.78 is 0.873. The smallest absolute Gasteiger partial charge is 0.262 e. The molecule has 5 heteroatoms. The molecule has 0 spiro atoms. The second-order valence-electron chi connectivity index (χ2n) is 3.30. The van der Waals surface area contributed by atoms with Gasteiger partial charge in [-0.05, 0) is 47.1 Å². The first-order chi connectivity index (χ1) is 7.15. The van der Waals surface area contributed by atoms with Gasteiger partial charge in [-0.2, -0.15) is 0 Å². The Labute approximate surface area is 111 Å². The number of rotatable bonds is 5. The molecule has 15 heavy (non-hydrogen) atoms. The van der Waals surface area contributed by atoms with E-state index in [1.807, 2.05) is 18.4 Å². The fourth-order valence-electron chi connectivity index (χ4n) is 1.20. The molecule has 0 aliphatic heterocycles. The van der Waals surface area contributed by atoms with Gasteiger partial charge in [0.1, 0.15) is 4.88 Å². The number of amides is 1. The minimum atomic E-state index is 0.0129. The summed E-state index contributed by atoms with van der Waals surface area (Å²) in [5.74, 6) is 0.0129. The molecule has 0 radical (unpaired) electrons. The van der Waals surface area contributed by atoms with Gasteiger partial charge in [-0.3, -0.25) is 4.79 Å². The van der Waals surface area contributed by atoms with Crippen molar-refractivity contribution in [3.63, 3.8) is 0 Å². The van der Waals surface area contributed by atoms with Gasteiger partial charge >= 0.3 is 0 Å². The van der Waals surface area contributed by atoms with Crippen LogP contribution in [-0.2, 0) is 0 Å².